The highest BCUT2D eigenvalue weighted by atomic mass is 16.6. The van der Waals surface area contributed by atoms with Gasteiger partial charge in [-0.05, 0) is 64.5 Å². The number of hydrogen-bond donors (Lipinski definition) is 2. The topological polar surface area (TPSA) is 87.7 Å². The van der Waals surface area contributed by atoms with Crippen molar-refractivity contribution in [1.82, 2.24) is 15.5 Å². The fourth-order valence-corrected chi connectivity index (χ4v) is 4.20. The molecule has 0 heterocycles. The van der Waals surface area contributed by atoms with Gasteiger partial charge in [-0.15, -0.1) is 0 Å². The zero-order valence-corrected chi connectivity index (χ0v) is 23.9. The number of rotatable bonds is 13. The van der Waals surface area contributed by atoms with Gasteiger partial charge in [-0.3, -0.25) is 9.59 Å². The first-order chi connectivity index (χ1) is 16.8. The molecule has 0 aliphatic rings. The molecule has 0 bridgehead atoms. The van der Waals surface area contributed by atoms with E-state index in [1.54, 1.807) is 25.7 Å². The van der Waals surface area contributed by atoms with Gasteiger partial charge in [0, 0.05) is 12.6 Å². The number of aryl methyl sites for hydroxylation is 1. The number of ether oxygens (including phenoxy) is 1. The summed E-state index contributed by atoms with van der Waals surface area (Å²) in [4.78, 5) is 42.1. The lowest BCUT2D eigenvalue weighted by atomic mass is 9.95. The molecular weight excluding hydrogens is 454 g/mol. The molecule has 0 fully saturated rings. The number of carbonyl (C=O) groups excluding carboxylic acids is 3. The van der Waals surface area contributed by atoms with E-state index in [-0.39, 0.29) is 23.8 Å². The standard InChI is InChI=1S/C29H49N3O4/c1-10-12-15-19-32(27(34)24(20(3)4)31-28(35)36-29(7,8)9)25(23-18-14-13-17-21(23)5)26(33)30-22(6)16-11-2/h13-14,17-18,20,22,24-25H,10-12,15-16,19H2,1-9H3,(H,30,33)(H,31,35). The van der Waals surface area contributed by atoms with Crippen LogP contribution in [0.1, 0.15) is 105 Å². The Balaban J connectivity index is 3.48. The molecular formula is C29H49N3O4. The first-order valence-electron chi connectivity index (χ1n) is 13.5. The molecule has 7 heteroatoms. The van der Waals surface area contributed by atoms with Gasteiger partial charge < -0.3 is 20.3 Å². The quantitative estimate of drug-likeness (QED) is 0.328. The minimum Gasteiger partial charge on any atom is -0.444 e. The summed E-state index contributed by atoms with van der Waals surface area (Å²) >= 11 is 0. The molecule has 0 aromatic heterocycles. The van der Waals surface area contributed by atoms with Crippen molar-refractivity contribution in [2.45, 2.75) is 118 Å². The molecule has 0 saturated carbocycles. The molecule has 3 atom stereocenters. The zero-order valence-electron chi connectivity index (χ0n) is 23.9. The highest BCUT2D eigenvalue weighted by Gasteiger charge is 2.38. The van der Waals surface area contributed by atoms with Crippen molar-refractivity contribution in [3.63, 3.8) is 0 Å². The van der Waals surface area contributed by atoms with E-state index in [1.807, 2.05) is 52.0 Å². The van der Waals surface area contributed by atoms with Crippen LogP contribution in [0.15, 0.2) is 24.3 Å². The number of carbonyl (C=O) groups is 3. The van der Waals surface area contributed by atoms with Crippen LogP contribution in [0.4, 0.5) is 4.79 Å². The van der Waals surface area contributed by atoms with E-state index < -0.39 is 23.8 Å². The van der Waals surface area contributed by atoms with Crippen LogP contribution < -0.4 is 10.6 Å². The smallest absolute Gasteiger partial charge is 0.408 e. The van der Waals surface area contributed by atoms with Crippen LogP contribution in [0.2, 0.25) is 0 Å². The fourth-order valence-electron chi connectivity index (χ4n) is 4.20. The Morgan fingerprint density at radius 3 is 2.14 bits per heavy atom. The summed E-state index contributed by atoms with van der Waals surface area (Å²) in [5.74, 6) is -0.674. The number of benzene rings is 1. The Morgan fingerprint density at radius 1 is 0.972 bits per heavy atom. The lowest BCUT2D eigenvalue weighted by Gasteiger charge is -2.36. The molecule has 204 valence electrons. The maximum Gasteiger partial charge on any atom is 0.408 e. The SMILES string of the molecule is CCCCCN(C(=O)C(NC(=O)OC(C)(C)C)C(C)C)C(C(=O)NC(C)CCC)c1ccccc1C. The largest absolute Gasteiger partial charge is 0.444 e. The molecule has 0 spiro atoms. The second-order valence-corrected chi connectivity index (χ2v) is 11.1. The molecule has 0 saturated heterocycles. The lowest BCUT2D eigenvalue weighted by molar-refractivity contribution is -0.143. The van der Waals surface area contributed by atoms with E-state index in [2.05, 4.69) is 24.5 Å². The number of nitrogens with one attached hydrogen (secondary N) is 2. The third kappa shape index (κ3) is 10.2. The summed E-state index contributed by atoms with van der Waals surface area (Å²) in [6.45, 7) is 17.7. The molecule has 0 radical (unpaired) electrons. The van der Waals surface area contributed by atoms with Crippen LogP contribution in [-0.4, -0.2) is 47.0 Å². The fraction of sp³-hybridized carbons (Fsp3) is 0.690. The van der Waals surface area contributed by atoms with Gasteiger partial charge in [-0.1, -0.05) is 71.2 Å². The second-order valence-electron chi connectivity index (χ2n) is 11.1. The number of hydrogen-bond acceptors (Lipinski definition) is 4. The Morgan fingerprint density at radius 2 is 1.61 bits per heavy atom. The van der Waals surface area contributed by atoms with Gasteiger partial charge in [0.25, 0.3) is 0 Å². The average Bonchev–Trinajstić information content (AvgIpc) is 2.76. The molecule has 0 aliphatic heterocycles. The van der Waals surface area contributed by atoms with Gasteiger partial charge >= 0.3 is 6.09 Å². The van der Waals surface area contributed by atoms with E-state index in [9.17, 15) is 14.4 Å². The van der Waals surface area contributed by atoms with Crippen LogP contribution in [0.5, 0.6) is 0 Å². The molecule has 3 unspecified atom stereocenters. The van der Waals surface area contributed by atoms with Gasteiger partial charge in [0.2, 0.25) is 11.8 Å². The maximum absolute atomic E-state index is 14.1. The molecule has 1 aromatic rings. The Labute approximate surface area is 218 Å². The summed E-state index contributed by atoms with van der Waals surface area (Å²) in [5, 5.41) is 5.91. The Bertz CT molecular complexity index is 847. The molecule has 0 aliphatic carbocycles. The van der Waals surface area contributed by atoms with Crippen molar-refractivity contribution in [1.29, 1.82) is 0 Å². The molecule has 3 amide bonds. The number of unbranched alkanes of at least 4 members (excludes halogenated alkanes) is 2. The van der Waals surface area contributed by atoms with Crippen molar-refractivity contribution < 1.29 is 19.1 Å². The van der Waals surface area contributed by atoms with Crippen molar-refractivity contribution in [2.75, 3.05) is 6.54 Å². The van der Waals surface area contributed by atoms with E-state index in [4.69, 9.17) is 4.74 Å². The lowest BCUT2D eigenvalue weighted by Crippen LogP contribution is -2.55. The van der Waals surface area contributed by atoms with Crippen molar-refractivity contribution in [3.05, 3.63) is 35.4 Å². The zero-order chi connectivity index (χ0) is 27.5. The minimum atomic E-state index is -0.825. The van der Waals surface area contributed by atoms with Gasteiger partial charge in [-0.2, -0.15) is 0 Å². The predicted molar refractivity (Wildman–Crippen MR) is 146 cm³/mol. The second kappa shape index (κ2) is 14.9. The van der Waals surface area contributed by atoms with E-state index >= 15 is 0 Å². The van der Waals surface area contributed by atoms with Crippen LogP contribution in [0.25, 0.3) is 0 Å². The van der Waals surface area contributed by atoms with Crippen LogP contribution in [0, 0.1) is 12.8 Å². The van der Waals surface area contributed by atoms with E-state index in [1.165, 1.54) is 0 Å². The molecule has 2 N–H and O–H groups in total. The van der Waals surface area contributed by atoms with E-state index in [0.717, 1.165) is 43.2 Å². The van der Waals surface area contributed by atoms with Crippen molar-refractivity contribution in [3.8, 4) is 0 Å². The first kappa shape index (κ1) is 31.5. The number of nitrogens with zero attached hydrogens (tertiary/aromatic N) is 1. The number of alkyl carbamates (subject to hydrolysis) is 1. The molecule has 1 rings (SSSR count). The summed E-state index contributed by atoms with van der Waals surface area (Å²) in [6.07, 6.45) is 3.84. The van der Waals surface area contributed by atoms with Crippen molar-refractivity contribution >= 4 is 17.9 Å². The van der Waals surface area contributed by atoms with Gasteiger partial charge in [0.15, 0.2) is 0 Å². The number of amides is 3. The van der Waals surface area contributed by atoms with Gasteiger partial charge in [0.05, 0.1) is 0 Å². The first-order valence-corrected chi connectivity index (χ1v) is 13.5. The minimum absolute atomic E-state index is 0.0117. The van der Waals surface area contributed by atoms with Crippen LogP contribution >= 0.6 is 0 Å². The van der Waals surface area contributed by atoms with Crippen molar-refractivity contribution in [2.24, 2.45) is 5.92 Å². The highest BCUT2D eigenvalue weighted by Crippen LogP contribution is 2.27. The van der Waals surface area contributed by atoms with Crippen LogP contribution in [0.3, 0.4) is 0 Å². The normalized spacial score (nSPS) is 14.1. The van der Waals surface area contributed by atoms with Gasteiger partial charge in [-0.25, -0.2) is 4.79 Å². The third-order valence-corrected chi connectivity index (χ3v) is 6.04. The third-order valence-electron chi connectivity index (χ3n) is 6.04. The predicted octanol–water partition coefficient (Wildman–Crippen LogP) is 5.91. The molecule has 36 heavy (non-hydrogen) atoms. The Hall–Kier alpha value is -2.57. The monoisotopic (exact) mass is 503 g/mol. The van der Waals surface area contributed by atoms with Gasteiger partial charge in [0.1, 0.15) is 17.7 Å². The Kier molecular flexibility index (Phi) is 13.0. The summed E-state index contributed by atoms with van der Waals surface area (Å²) in [7, 11) is 0. The van der Waals surface area contributed by atoms with E-state index in [0.29, 0.717) is 6.54 Å². The molecule has 1 aromatic carbocycles. The summed E-state index contributed by atoms with van der Waals surface area (Å²) in [5.41, 5.74) is 1.05. The summed E-state index contributed by atoms with van der Waals surface area (Å²) in [6, 6.07) is 6.06. The maximum atomic E-state index is 14.1. The average molecular weight is 504 g/mol. The highest BCUT2D eigenvalue weighted by molar-refractivity contribution is 5.92. The summed E-state index contributed by atoms with van der Waals surface area (Å²) < 4.78 is 5.44. The van der Waals surface area contributed by atoms with Crippen LogP contribution in [-0.2, 0) is 14.3 Å². The molecule has 7 nitrogen and oxygen atoms in total.